The lowest BCUT2D eigenvalue weighted by molar-refractivity contribution is 0.0527. The van der Waals surface area contributed by atoms with E-state index in [4.69, 9.17) is 4.74 Å². The average molecular weight is 193 g/mol. The molecule has 0 heterocycles. The van der Waals surface area contributed by atoms with Gasteiger partial charge in [-0.1, -0.05) is 12.1 Å². The number of carbonyl (C=O) groups is 1. The quantitative estimate of drug-likeness (QED) is 0.687. The SMILES string of the molecule is CCOC(=O)c1ccccc1N(C)C. The van der Waals surface area contributed by atoms with E-state index in [1.807, 2.05) is 37.2 Å². The summed E-state index contributed by atoms with van der Waals surface area (Å²) in [7, 11) is 3.80. The van der Waals surface area contributed by atoms with Crippen LogP contribution in [0.15, 0.2) is 24.3 Å². The first-order valence-corrected chi connectivity index (χ1v) is 4.60. The van der Waals surface area contributed by atoms with Crippen molar-refractivity contribution in [3.63, 3.8) is 0 Å². The number of ether oxygens (including phenoxy) is 1. The Morgan fingerprint density at radius 2 is 2.00 bits per heavy atom. The Kier molecular flexibility index (Phi) is 3.51. The van der Waals surface area contributed by atoms with Crippen LogP contribution < -0.4 is 4.90 Å². The monoisotopic (exact) mass is 193 g/mol. The molecule has 0 spiro atoms. The van der Waals surface area contributed by atoms with Crippen LogP contribution in [0.25, 0.3) is 0 Å². The molecule has 0 saturated carbocycles. The summed E-state index contributed by atoms with van der Waals surface area (Å²) in [5.41, 5.74) is 1.49. The van der Waals surface area contributed by atoms with Gasteiger partial charge in [-0.2, -0.15) is 0 Å². The number of hydrogen-bond donors (Lipinski definition) is 0. The van der Waals surface area contributed by atoms with Crippen molar-refractivity contribution in [3.05, 3.63) is 29.8 Å². The number of nitrogens with zero attached hydrogens (tertiary/aromatic N) is 1. The number of anilines is 1. The Morgan fingerprint density at radius 3 is 2.57 bits per heavy atom. The number of hydrogen-bond acceptors (Lipinski definition) is 3. The lowest BCUT2D eigenvalue weighted by Gasteiger charge is -2.15. The summed E-state index contributed by atoms with van der Waals surface area (Å²) in [6, 6.07) is 7.40. The number of para-hydroxylation sites is 1. The number of esters is 1. The van der Waals surface area contributed by atoms with Crippen molar-refractivity contribution in [2.24, 2.45) is 0 Å². The molecule has 76 valence electrons. The van der Waals surface area contributed by atoms with Gasteiger partial charge in [-0.05, 0) is 19.1 Å². The summed E-state index contributed by atoms with van der Waals surface area (Å²) >= 11 is 0. The second-order valence-electron chi connectivity index (χ2n) is 3.13. The standard InChI is InChI=1S/C11H15NO2/c1-4-14-11(13)9-7-5-6-8-10(9)12(2)3/h5-8H,4H2,1-3H3. The fourth-order valence-corrected chi connectivity index (χ4v) is 1.25. The Morgan fingerprint density at radius 1 is 1.36 bits per heavy atom. The van der Waals surface area contributed by atoms with Crippen LogP contribution in [0.1, 0.15) is 17.3 Å². The first-order chi connectivity index (χ1) is 6.66. The highest BCUT2D eigenvalue weighted by Gasteiger charge is 2.12. The zero-order chi connectivity index (χ0) is 10.6. The molecule has 1 aromatic carbocycles. The van der Waals surface area contributed by atoms with Gasteiger partial charge < -0.3 is 9.64 Å². The van der Waals surface area contributed by atoms with E-state index in [9.17, 15) is 4.79 Å². The van der Waals surface area contributed by atoms with Crippen LogP contribution in [-0.2, 0) is 4.74 Å². The fourth-order valence-electron chi connectivity index (χ4n) is 1.25. The van der Waals surface area contributed by atoms with Crippen molar-refractivity contribution >= 4 is 11.7 Å². The van der Waals surface area contributed by atoms with Crippen molar-refractivity contribution in [2.45, 2.75) is 6.92 Å². The minimum Gasteiger partial charge on any atom is -0.462 e. The van der Waals surface area contributed by atoms with E-state index >= 15 is 0 Å². The van der Waals surface area contributed by atoms with E-state index < -0.39 is 0 Å². The molecular weight excluding hydrogens is 178 g/mol. The Labute approximate surface area is 84.3 Å². The molecule has 0 aliphatic carbocycles. The third kappa shape index (κ3) is 2.25. The van der Waals surface area contributed by atoms with Gasteiger partial charge in [-0.3, -0.25) is 0 Å². The first-order valence-electron chi connectivity index (χ1n) is 4.60. The van der Waals surface area contributed by atoms with Crippen molar-refractivity contribution in [2.75, 3.05) is 25.6 Å². The maximum atomic E-state index is 11.5. The third-order valence-electron chi connectivity index (χ3n) is 1.88. The van der Waals surface area contributed by atoms with Crippen LogP contribution in [0, 0.1) is 0 Å². The molecule has 1 aromatic rings. The Hall–Kier alpha value is -1.51. The number of benzene rings is 1. The number of carbonyl (C=O) groups excluding carboxylic acids is 1. The molecule has 0 aromatic heterocycles. The molecule has 0 N–H and O–H groups in total. The maximum Gasteiger partial charge on any atom is 0.340 e. The van der Waals surface area contributed by atoms with Gasteiger partial charge in [0.25, 0.3) is 0 Å². The summed E-state index contributed by atoms with van der Waals surface area (Å²) in [5, 5.41) is 0. The molecular formula is C11H15NO2. The maximum absolute atomic E-state index is 11.5. The van der Waals surface area contributed by atoms with E-state index in [0.717, 1.165) is 5.69 Å². The minimum absolute atomic E-state index is 0.267. The second-order valence-corrected chi connectivity index (χ2v) is 3.13. The average Bonchev–Trinajstić information content (AvgIpc) is 2.18. The van der Waals surface area contributed by atoms with Gasteiger partial charge in [-0.25, -0.2) is 4.79 Å². The third-order valence-corrected chi connectivity index (χ3v) is 1.88. The summed E-state index contributed by atoms with van der Waals surface area (Å²) in [6.45, 7) is 2.21. The van der Waals surface area contributed by atoms with Crippen LogP contribution >= 0.6 is 0 Å². The number of rotatable bonds is 3. The molecule has 14 heavy (non-hydrogen) atoms. The largest absolute Gasteiger partial charge is 0.462 e. The zero-order valence-corrected chi connectivity index (χ0v) is 8.78. The topological polar surface area (TPSA) is 29.5 Å². The minimum atomic E-state index is -0.267. The van der Waals surface area contributed by atoms with Crippen LogP contribution in [0.5, 0.6) is 0 Å². The molecule has 0 aliphatic rings. The molecule has 0 aliphatic heterocycles. The van der Waals surface area contributed by atoms with Gasteiger partial charge in [0.2, 0.25) is 0 Å². The molecule has 3 nitrogen and oxygen atoms in total. The summed E-state index contributed by atoms with van der Waals surface area (Å²) in [5.74, 6) is -0.267. The smallest absolute Gasteiger partial charge is 0.340 e. The molecule has 0 fully saturated rings. The molecule has 0 saturated heterocycles. The van der Waals surface area contributed by atoms with Crippen molar-refractivity contribution in [1.82, 2.24) is 0 Å². The van der Waals surface area contributed by atoms with E-state index in [0.29, 0.717) is 12.2 Å². The molecule has 0 atom stereocenters. The Bertz CT molecular complexity index is 321. The summed E-state index contributed by atoms with van der Waals surface area (Å²) in [4.78, 5) is 13.4. The van der Waals surface area contributed by atoms with Crippen LogP contribution in [0.4, 0.5) is 5.69 Å². The molecule has 0 unspecified atom stereocenters. The van der Waals surface area contributed by atoms with E-state index in [2.05, 4.69) is 0 Å². The lowest BCUT2D eigenvalue weighted by Crippen LogP contribution is -2.15. The van der Waals surface area contributed by atoms with Gasteiger partial charge in [-0.15, -0.1) is 0 Å². The fraction of sp³-hybridized carbons (Fsp3) is 0.364. The van der Waals surface area contributed by atoms with Gasteiger partial charge in [0.15, 0.2) is 0 Å². The Balaban J connectivity index is 3.00. The summed E-state index contributed by atoms with van der Waals surface area (Å²) < 4.78 is 4.95. The van der Waals surface area contributed by atoms with Gasteiger partial charge in [0.05, 0.1) is 17.9 Å². The predicted molar refractivity (Wildman–Crippen MR) is 56.7 cm³/mol. The van der Waals surface area contributed by atoms with E-state index in [1.165, 1.54) is 0 Å². The normalized spacial score (nSPS) is 9.64. The molecule has 1 rings (SSSR count). The molecule has 3 heteroatoms. The first kappa shape index (κ1) is 10.6. The zero-order valence-electron chi connectivity index (χ0n) is 8.78. The van der Waals surface area contributed by atoms with Crippen LogP contribution in [-0.4, -0.2) is 26.7 Å². The van der Waals surface area contributed by atoms with Crippen molar-refractivity contribution in [1.29, 1.82) is 0 Å². The predicted octanol–water partition coefficient (Wildman–Crippen LogP) is 1.93. The van der Waals surface area contributed by atoms with Crippen LogP contribution in [0.2, 0.25) is 0 Å². The van der Waals surface area contributed by atoms with Gasteiger partial charge in [0, 0.05) is 14.1 Å². The van der Waals surface area contributed by atoms with Crippen molar-refractivity contribution < 1.29 is 9.53 Å². The highest BCUT2D eigenvalue weighted by atomic mass is 16.5. The molecule has 0 bridgehead atoms. The van der Waals surface area contributed by atoms with Crippen LogP contribution in [0.3, 0.4) is 0 Å². The van der Waals surface area contributed by atoms with Gasteiger partial charge >= 0.3 is 5.97 Å². The second kappa shape index (κ2) is 4.65. The van der Waals surface area contributed by atoms with E-state index in [-0.39, 0.29) is 5.97 Å². The molecule has 0 radical (unpaired) electrons. The molecule has 0 amide bonds. The van der Waals surface area contributed by atoms with Crippen molar-refractivity contribution in [3.8, 4) is 0 Å². The highest BCUT2D eigenvalue weighted by molar-refractivity contribution is 5.95. The van der Waals surface area contributed by atoms with E-state index in [1.54, 1.807) is 13.0 Å². The summed E-state index contributed by atoms with van der Waals surface area (Å²) in [6.07, 6.45) is 0. The van der Waals surface area contributed by atoms with Gasteiger partial charge in [0.1, 0.15) is 0 Å². The highest BCUT2D eigenvalue weighted by Crippen LogP contribution is 2.18. The lowest BCUT2D eigenvalue weighted by atomic mass is 10.1.